The van der Waals surface area contributed by atoms with Crippen molar-refractivity contribution < 1.29 is 19.2 Å². The van der Waals surface area contributed by atoms with Gasteiger partial charge < -0.3 is 10.1 Å². The molecule has 1 N–H and O–H groups in total. The van der Waals surface area contributed by atoms with E-state index in [9.17, 15) is 9.59 Å². The molecule has 0 heterocycles. The molecule has 2 aromatic rings. The Morgan fingerprint density at radius 3 is 2.53 bits per heavy atom. The van der Waals surface area contributed by atoms with Crippen molar-refractivity contribution in [3.8, 4) is 5.75 Å². The fourth-order valence-corrected chi connectivity index (χ4v) is 3.24. The molecule has 0 aliphatic carbocycles. The summed E-state index contributed by atoms with van der Waals surface area (Å²) in [6.45, 7) is 8.05. The number of ether oxygens (including phenoxy) is 1. The van der Waals surface area contributed by atoms with E-state index >= 15 is 0 Å². The van der Waals surface area contributed by atoms with Gasteiger partial charge in [-0.15, -0.1) is 6.58 Å². The molecule has 2 rings (SSSR count). The molecule has 0 fully saturated rings. The quantitative estimate of drug-likeness (QED) is 0.287. The third-order valence-corrected chi connectivity index (χ3v) is 5.08. The number of carbonyl (C=O) groups is 2. The minimum absolute atomic E-state index is 0.297. The average molecular weight is 437 g/mol. The first-order valence-electron chi connectivity index (χ1n) is 10.7. The molecule has 0 bridgehead atoms. The lowest BCUT2D eigenvalue weighted by atomic mass is 9.99. The molecule has 1 atom stereocenters. The van der Waals surface area contributed by atoms with Crippen molar-refractivity contribution in [2.75, 3.05) is 20.8 Å². The first kappa shape index (κ1) is 24.9. The summed E-state index contributed by atoms with van der Waals surface area (Å²) in [5.41, 5.74) is 2.19. The fraction of sp³-hybridized carbons (Fsp3) is 0.308. The van der Waals surface area contributed by atoms with Crippen LogP contribution in [-0.2, 0) is 16.1 Å². The van der Waals surface area contributed by atoms with Crippen LogP contribution in [0.25, 0.3) is 6.08 Å². The molecule has 0 radical (unpaired) electrons. The molecule has 0 aliphatic heterocycles. The SMILES string of the molecule is C=CCCCCOc1ccccc1C(=O)NC(Cc1ccccc1C=C)C(=O)N(C)OC. The predicted octanol–water partition coefficient (Wildman–Crippen LogP) is 4.43. The minimum atomic E-state index is -0.825. The summed E-state index contributed by atoms with van der Waals surface area (Å²) >= 11 is 0. The van der Waals surface area contributed by atoms with Crippen molar-refractivity contribution >= 4 is 17.9 Å². The van der Waals surface area contributed by atoms with Crippen LogP contribution in [-0.4, -0.2) is 43.7 Å². The largest absolute Gasteiger partial charge is 0.493 e. The monoisotopic (exact) mass is 436 g/mol. The van der Waals surface area contributed by atoms with Gasteiger partial charge >= 0.3 is 0 Å². The first-order valence-corrected chi connectivity index (χ1v) is 10.7. The third kappa shape index (κ3) is 7.10. The average Bonchev–Trinajstić information content (AvgIpc) is 2.83. The Kier molecular flexibility index (Phi) is 10.2. The van der Waals surface area contributed by atoms with E-state index in [-0.39, 0.29) is 11.8 Å². The zero-order chi connectivity index (χ0) is 23.3. The van der Waals surface area contributed by atoms with Gasteiger partial charge in [-0.3, -0.25) is 14.4 Å². The Labute approximate surface area is 190 Å². The Balaban J connectivity index is 2.20. The van der Waals surface area contributed by atoms with E-state index in [1.54, 1.807) is 24.3 Å². The van der Waals surface area contributed by atoms with E-state index in [0.717, 1.165) is 35.5 Å². The number of nitrogens with one attached hydrogen (secondary N) is 1. The highest BCUT2D eigenvalue weighted by molar-refractivity contribution is 5.99. The molecular formula is C26H32N2O4. The number of carbonyl (C=O) groups excluding carboxylic acids is 2. The van der Waals surface area contributed by atoms with Crippen molar-refractivity contribution in [3.05, 3.63) is 84.5 Å². The second-order valence-corrected chi connectivity index (χ2v) is 7.28. The van der Waals surface area contributed by atoms with Crippen LogP contribution in [0.1, 0.15) is 40.7 Å². The standard InChI is InChI=1S/C26H32N2O4/c1-5-7-8-13-18-32-24-17-12-11-16-22(24)25(29)27-23(26(30)28(3)31-4)19-21-15-10-9-14-20(21)6-2/h5-6,9-12,14-17,23H,1-2,7-8,13,18-19H2,3-4H3,(H,27,29). The molecule has 170 valence electrons. The zero-order valence-electron chi connectivity index (χ0n) is 18.9. The molecule has 0 aromatic heterocycles. The van der Waals surface area contributed by atoms with E-state index in [1.165, 1.54) is 14.2 Å². The summed E-state index contributed by atoms with van der Waals surface area (Å²) in [7, 11) is 2.92. The Bertz CT molecular complexity index is 926. The smallest absolute Gasteiger partial charge is 0.268 e. The molecule has 32 heavy (non-hydrogen) atoms. The van der Waals surface area contributed by atoms with Gasteiger partial charge in [-0.05, 0) is 42.5 Å². The summed E-state index contributed by atoms with van der Waals surface area (Å²) in [6.07, 6.45) is 6.66. The summed E-state index contributed by atoms with van der Waals surface area (Å²) in [6, 6.07) is 13.8. The van der Waals surface area contributed by atoms with Crippen LogP contribution < -0.4 is 10.1 Å². The maximum absolute atomic E-state index is 13.1. The molecular weight excluding hydrogens is 404 g/mol. The normalized spacial score (nSPS) is 11.3. The summed E-state index contributed by atoms with van der Waals surface area (Å²) in [5, 5.41) is 3.98. The number of nitrogens with zero attached hydrogens (tertiary/aromatic N) is 1. The summed E-state index contributed by atoms with van der Waals surface area (Å²) in [5.74, 6) is -0.255. The van der Waals surface area contributed by atoms with Gasteiger partial charge in [0.25, 0.3) is 11.8 Å². The maximum Gasteiger partial charge on any atom is 0.268 e. The van der Waals surface area contributed by atoms with Gasteiger partial charge in [0.15, 0.2) is 0 Å². The van der Waals surface area contributed by atoms with Gasteiger partial charge in [-0.2, -0.15) is 0 Å². The van der Waals surface area contributed by atoms with Gasteiger partial charge in [-0.1, -0.05) is 55.1 Å². The van der Waals surface area contributed by atoms with E-state index in [2.05, 4.69) is 18.5 Å². The van der Waals surface area contributed by atoms with E-state index in [0.29, 0.717) is 24.3 Å². The highest BCUT2D eigenvalue weighted by Gasteiger charge is 2.26. The molecule has 6 heteroatoms. The lowest BCUT2D eigenvalue weighted by Gasteiger charge is -2.24. The second kappa shape index (κ2) is 13.1. The van der Waals surface area contributed by atoms with Crippen LogP contribution in [0, 0.1) is 0 Å². The van der Waals surface area contributed by atoms with Crippen molar-refractivity contribution in [1.82, 2.24) is 10.4 Å². The number of unbranched alkanes of at least 4 members (excludes halogenated alkanes) is 2. The number of rotatable bonds is 13. The number of para-hydroxylation sites is 1. The van der Waals surface area contributed by atoms with Gasteiger partial charge in [0.05, 0.1) is 19.3 Å². The fourth-order valence-electron chi connectivity index (χ4n) is 3.24. The number of allylic oxidation sites excluding steroid dienone is 1. The number of hydroxylamine groups is 2. The maximum atomic E-state index is 13.1. The minimum Gasteiger partial charge on any atom is -0.493 e. The zero-order valence-corrected chi connectivity index (χ0v) is 18.9. The molecule has 6 nitrogen and oxygen atoms in total. The summed E-state index contributed by atoms with van der Waals surface area (Å²) in [4.78, 5) is 31.1. The van der Waals surface area contributed by atoms with Crippen LogP contribution in [0.3, 0.4) is 0 Å². The van der Waals surface area contributed by atoms with Crippen molar-refractivity contribution in [1.29, 1.82) is 0 Å². The Morgan fingerprint density at radius 1 is 1.09 bits per heavy atom. The van der Waals surface area contributed by atoms with E-state index in [4.69, 9.17) is 9.57 Å². The number of hydrogen-bond donors (Lipinski definition) is 1. The highest BCUT2D eigenvalue weighted by atomic mass is 16.7. The van der Waals surface area contributed by atoms with Crippen LogP contribution in [0.4, 0.5) is 0 Å². The van der Waals surface area contributed by atoms with Gasteiger partial charge in [0, 0.05) is 13.5 Å². The van der Waals surface area contributed by atoms with Crippen LogP contribution >= 0.6 is 0 Å². The Hall–Kier alpha value is -3.38. The topological polar surface area (TPSA) is 67.9 Å². The van der Waals surface area contributed by atoms with Crippen LogP contribution in [0.5, 0.6) is 5.75 Å². The Morgan fingerprint density at radius 2 is 1.81 bits per heavy atom. The van der Waals surface area contributed by atoms with Crippen LogP contribution in [0.15, 0.2) is 67.8 Å². The lowest BCUT2D eigenvalue weighted by Crippen LogP contribution is -2.48. The molecule has 0 saturated carbocycles. The van der Waals surface area contributed by atoms with Crippen molar-refractivity contribution in [2.45, 2.75) is 31.7 Å². The van der Waals surface area contributed by atoms with E-state index < -0.39 is 6.04 Å². The van der Waals surface area contributed by atoms with Gasteiger partial charge in [0.2, 0.25) is 0 Å². The summed E-state index contributed by atoms with van der Waals surface area (Å²) < 4.78 is 5.84. The molecule has 0 saturated heterocycles. The van der Waals surface area contributed by atoms with E-state index in [1.807, 2.05) is 36.4 Å². The van der Waals surface area contributed by atoms with Crippen LogP contribution in [0.2, 0.25) is 0 Å². The highest BCUT2D eigenvalue weighted by Crippen LogP contribution is 2.20. The van der Waals surface area contributed by atoms with Gasteiger partial charge in [-0.25, -0.2) is 5.06 Å². The third-order valence-electron chi connectivity index (χ3n) is 5.08. The van der Waals surface area contributed by atoms with Crippen molar-refractivity contribution in [3.63, 3.8) is 0 Å². The lowest BCUT2D eigenvalue weighted by molar-refractivity contribution is -0.170. The van der Waals surface area contributed by atoms with Crippen molar-refractivity contribution in [2.24, 2.45) is 0 Å². The molecule has 0 aliphatic rings. The number of hydrogen-bond acceptors (Lipinski definition) is 4. The molecule has 2 aromatic carbocycles. The number of likely N-dealkylation sites (N-methyl/N-ethyl adjacent to an activating group) is 1. The number of amides is 2. The molecule has 1 unspecified atom stereocenters. The first-order chi connectivity index (χ1) is 15.5. The number of benzene rings is 2. The molecule has 2 amide bonds. The molecule has 0 spiro atoms. The predicted molar refractivity (Wildman–Crippen MR) is 127 cm³/mol. The van der Waals surface area contributed by atoms with Gasteiger partial charge in [0.1, 0.15) is 11.8 Å². The second-order valence-electron chi connectivity index (χ2n) is 7.28.